The van der Waals surface area contributed by atoms with E-state index in [1.54, 1.807) is 13.8 Å². The normalized spacial score (nSPS) is 12.5. The summed E-state index contributed by atoms with van der Waals surface area (Å²) in [6.07, 6.45) is 0.813. The summed E-state index contributed by atoms with van der Waals surface area (Å²) < 4.78 is 4.61. The van der Waals surface area contributed by atoms with Gasteiger partial charge in [0.25, 0.3) is 5.91 Å². The van der Waals surface area contributed by atoms with Crippen LogP contribution in [0.2, 0.25) is 0 Å². The Morgan fingerprint density at radius 2 is 2.54 bits per heavy atom. The highest BCUT2D eigenvalue weighted by Crippen LogP contribution is 2.10. The molecule has 0 fully saturated rings. The van der Waals surface area contributed by atoms with Crippen molar-refractivity contribution in [3.63, 3.8) is 0 Å². The number of rotatable bonds is 3. The number of amides is 1. The number of carbonyl (C=O) groups is 1. The van der Waals surface area contributed by atoms with Crippen LogP contribution in [0.5, 0.6) is 0 Å². The van der Waals surface area contributed by atoms with Gasteiger partial charge >= 0.3 is 0 Å². The van der Waals surface area contributed by atoms with Gasteiger partial charge < -0.3 is 14.9 Å². The molecule has 0 saturated carbocycles. The number of carbonyl (C=O) groups excluding carboxylic acids is 1. The molecule has 0 radical (unpaired) electrons. The minimum atomic E-state index is -0.990. The maximum Gasteiger partial charge on any atom is 0.254 e. The Balaban J connectivity index is 2.60. The molecule has 1 rings (SSSR count). The van der Waals surface area contributed by atoms with Crippen LogP contribution in [0.1, 0.15) is 18.9 Å². The average Bonchev–Trinajstić information content (AvgIpc) is 2.50. The quantitative estimate of drug-likeness (QED) is 0.724. The Morgan fingerprint density at radius 1 is 1.85 bits per heavy atom. The molecule has 0 aromatic carbocycles. The predicted octanol–water partition coefficient (Wildman–Crippen LogP) is 0.692. The molecule has 5 nitrogen and oxygen atoms in total. The Kier molecular flexibility index (Phi) is 3.02. The number of hydrogen-bond acceptors (Lipinski definition) is 4. The second-order valence-electron chi connectivity index (χ2n) is 2.76. The second kappa shape index (κ2) is 4.04. The fourth-order valence-electron chi connectivity index (χ4n) is 0.793. The minimum absolute atomic E-state index is 0.359. The zero-order valence-electron chi connectivity index (χ0n) is 7.57. The van der Waals surface area contributed by atoms with Gasteiger partial charge in [-0.25, -0.2) is 0 Å². The van der Waals surface area contributed by atoms with Crippen LogP contribution in [0.15, 0.2) is 10.8 Å². The van der Waals surface area contributed by atoms with Crippen LogP contribution in [-0.4, -0.2) is 22.3 Å². The van der Waals surface area contributed by atoms with Gasteiger partial charge in [0.05, 0.1) is 0 Å². The van der Waals surface area contributed by atoms with Crippen LogP contribution in [0.25, 0.3) is 0 Å². The van der Waals surface area contributed by atoms with Crippen LogP contribution in [0.3, 0.4) is 0 Å². The lowest BCUT2D eigenvalue weighted by atomic mass is 10.2. The fourth-order valence-corrected chi connectivity index (χ4v) is 0.793. The summed E-state index contributed by atoms with van der Waals surface area (Å²) in [5, 5.41) is 15.1. The first-order chi connectivity index (χ1) is 6.15. The van der Waals surface area contributed by atoms with Crippen molar-refractivity contribution in [1.82, 2.24) is 5.16 Å². The molecule has 72 valence electrons. The van der Waals surface area contributed by atoms with Crippen LogP contribution < -0.4 is 5.32 Å². The standard InChI is InChI=1S/C8H12N2O3/c1-3-6(11)8(12)9-7-5(2)4-13-10-7/h4,6,11H,3H2,1-2H3,(H,9,10,12). The topological polar surface area (TPSA) is 75.4 Å². The first-order valence-electron chi connectivity index (χ1n) is 4.05. The van der Waals surface area contributed by atoms with E-state index in [-0.39, 0.29) is 0 Å². The molecule has 0 aliphatic heterocycles. The molecule has 1 aromatic rings. The summed E-state index contributed by atoms with van der Waals surface area (Å²) in [4.78, 5) is 11.2. The maximum atomic E-state index is 11.2. The zero-order chi connectivity index (χ0) is 9.84. The number of aromatic nitrogens is 1. The third-order valence-corrected chi connectivity index (χ3v) is 1.68. The summed E-state index contributed by atoms with van der Waals surface area (Å²) in [6.45, 7) is 3.48. The Hall–Kier alpha value is -1.36. The van der Waals surface area contributed by atoms with Gasteiger partial charge in [-0.2, -0.15) is 0 Å². The van der Waals surface area contributed by atoms with Crippen molar-refractivity contribution in [2.75, 3.05) is 5.32 Å². The van der Waals surface area contributed by atoms with E-state index in [9.17, 15) is 4.79 Å². The van der Waals surface area contributed by atoms with E-state index in [0.29, 0.717) is 12.2 Å². The Bertz CT molecular complexity index is 295. The lowest BCUT2D eigenvalue weighted by Gasteiger charge is -2.06. The van der Waals surface area contributed by atoms with Gasteiger partial charge in [-0.05, 0) is 13.3 Å². The maximum absolute atomic E-state index is 11.2. The Morgan fingerprint density at radius 3 is 3.00 bits per heavy atom. The number of anilines is 1. The van der Waals surface area contributed by atoms with Gasteiger partial charge in [0, 0.05) is 5.56 Å². The molecule has 1 atom stereocenters. The van der Waals surface area contributed by atoms with Gasteiger partial charge in [0.1, 0.15) is 12.4 Å². The zero-order valence-corrected chi connectivity index (χ0v) is 7.57. The molecule has 1 amide bonds. The molecule has 0 aliphatic rings. The number of aryl methyl sites for hydroxylation is 1. The SMILES string of the molecule is CCC(O)C(=O)Nc1nocc1C. The largest absolute Gasteiger partial charge is 0.383 e. The lowest BCUT2D eigenvalue weighted by Crippen LogP contribution is -2.27. The minimum Gasteiger partial charge on any atom is -0.383 e. The third kappa shape index (κ3) is 2.29. The van der Waals surface area contributed by atoms with E-state index in [1.165, 1.54) is 6.26 Å². The lowest BCUT2D eigenvalue weighted by molar-refractivity contribution is -0.124. The van der Waals surface area contributed by atoms with Crippen molar-refractivity contribution < 1.29 is 14.4 Å². The number of nitrogens with zero attached hydrogens (tertiary/aromatic N) is 1. The van der Waals surface area contributed by atoms with Gasteiger partial charge in [-0.3, -0.25) is 4.79 Å². The van der Waals surface area contributed by atoms with Crippen molar-refractivity contribution in [1.29, 1.82) is 0 Å². The van der Waals surface area contributed by atoms with E-state index >= 15 is 0 Å². The van der Waals surface area contributed by atoms with E-state index in [0.717, 1.165) is 5.56 Å². The van der Waals surface area contributed by atoms with Gasteiger partial charge in [0.15, 0.2) is 5.82 Å². The van der Waals surface area contributed by atoms with Crippen molar-refractivity contribution in [3.8, 4) is 0 Å². The molecule has 0 saturated heterocycles. The fraction of sp³-hybridized carbons (Fsp3) is 0.500. The predicted molar refractivity (Wildman–Crippen MR) is 46.2 cm³/mol. The van der Waals surface area contributed by atoms with Crippen LogP contribution in [0.4, 0.5) is 5.82 Å². The van der Waals surface area contributed by atoms with E-state index in [1.807, 2.05) is 0 Å². The van der Waals surface area contributed by atoms with Gasteiger partial charge in [-0.1, -0.05) is 12.1 Å². The number of nitrogens with one attached hydrogen (secondary N) is 1. The highest BCUT2D eigenvalue weighted by molar-refractivity contribution is 5.93. The Labute approximate surface area is 75.7 Å². The second-order valence-corrected chi connectivity index (χ2v) is 2.76. The van der Waals surface area contributed by atoms with E-state index in [2.05, 4.69) is 15.0 Å². The van der Waals surface area contributed by atoms with Gasteiger partial charge in [0.2, 0.25) is 0 Å². The van der Waals surface area contributed by atoms with E-state index in [4.69, 9.17) is 5.11 Å². The van der Waals surface area contributed by atoms with Crippen LogP contribution in [0, 0.1) is 6.92 Å². The van der Waals surface area contributed by atoms with Gasteiger partial charge in [-0.15, -0.1) is 0 Å². The highest BCUT2D eigenvalue weighted by Gasteiger charge is 2.14. The number of hydrogen-bond donors (Lipinski definition) is 2. The van der Waals surface area contributed by atoms with E-state index < -0.39 is 12.0 Å². The molecular formula is C8H12N2O3. The number of aliphatic hydroxyl groups is 1. The van der Waals surface area contributed by atoms with Crippen molar-refractivity contribution in [2.45, 2.75) is 26.4 Å². The molecule has 1 aromatic heterocycles. The molecule has 2 N–H and O–H groups in total. The molecule has 5 heteroatoms. The highest BCUT2D eigenvalue weighted by atomic mass is 16.5. The summed E-state index contributed by atoms with van der Waals surface area (Å²) in [6, 6.07) is 0. The first-order valence-corrected chi connectivity index (χ1v) is 4.05. The molecule has 0 aliphatic carbocycles. The molecular weight excluding hydrogens is 172 g/mol. The van der Waals surface area contributed by atoms with Crippen molar-refractivity contribution in [2.24, 2.45) is 0 Å². The molecule has 0 bridgehead atoms. The molecule has 1 heterocycles. The van der Waals surface area contributed by atoms with Crippen LogP contribution >= 0.6 is 0 Å². The summed E-state index contributed by atoms with van der Waals surface area (Å²) >= 11 is 0. The smallest absolute Gasteiger partial charge is 0.254 e. The monoisotopic (exact) mass is 184 g/mol. The van der Waals surface area contributed by atoms with Crippen molar-refractivity contribution in [3.05, 3.63) is 11.8 Å². The summed E-state index contributed by atoms with van der Waals surface area (Å²) in [5.41, 5.74) is 0.733. The van der Waals surface area contributed by atoms with Crippen molar-refractivity contribution >= 4 is 11.7 Å². The molecule has 1 unspecified atom stereocenters. The average molecular weight is 184 g/mol. The molecule has 0 spiro atoms. The van der Waals surface area contributed by atoms with Crippen LogP contribution in [-0.2, 0) is 4.79 Å². The molecule has 13 heavy (non-hydrogen) atoms. The number of aliphatic hydroxyl groups excluding tert-OH is 1. The first kappa shape index (κ1) is 9.73. The summed E-state index contributed by atoms with van der Waals surface area (Å²) in [5.74, 6) is -0.1000. The third-order valence-electron chi connectivity index (χ3n) is 1.68. The summed E-state index contributed by atoms with van der Waals surface area (Å²) in [7, 11) is 0.